The summed E-state index contributed by atoms with van der Waals surface area (Å²) < 4.78 is 10.7. The van der Waals surface area contributed by atoms with Crippen LogP contribution in [-0.2, 0) is 6.54 Å². The zero-order chi connectivity index (χ0) is 20.9. The summed E-state index contributed by atoms with van der Waals surface area (Å²) in [7, 11) is 3.19. The van der Waals surface area contributed by atoms with E-state index < -0.39 is 0 Å². The van der Waals surface area contributed by atoms with Gasteiger partial charge in [-0.25, -0.2) is 4.98 Å². The third-order valence-corrected chi connectivity index (χ3v) is 4.82. The highest BCUT2D eigenvalue weighted by atomic mass is 16.5. The van der Waals surface area contributed by atoms with Crippen LogP contribution in [0.25, 0.3) is 22.3 Å². The molecular formula is C24H21N3O3. The Bertz CT molecular complexity index is 1190. The number of nitrogens with zero attached hydrogens (tertiary/aromatic N) is 2. The first-order valence-electron chi connectivity index (χ1n) is 9.50. The summed E-state index contributed by atoms with van der Waals surface area (Å²) in [6.45, 7) is 0.321. The number of amides is 1. The van der Waals surface area contributed by atoms with Crippen LogP contribution in [-0.4, -0.2) is 30.1 Å². The van der Waals surface area contributed by atoms with Crippen molar-refractivity contribution in [3.8, 4) is 22.9 Å². The molecular weight excluding hydrogens is 378 g/mol. The van der Waals surface area contributed by atoms with Gasteiger partial charge in [-0.3, -0.25) is 9.78 Å². The maximum Gasteiger partial charge on any atom is 0.252 e. The summed E-state index contributed by atoms with van der Waals surface area (Å²) in [4.78, 5) is 22.2. The number of pyridine rings is 2. The van der Waals surface area contributed by atoms with E-state index in [-0.39, 0.29) is 5.91 Å². The van der Waals surface area contributed by atoms with Crippen LogP contribution in [0.1, 0.15) is 15.9 Å². The summed E-state index contributed by atoms with van der Waals surface area (Å²) in [5.74, 6) is 1.16. The number of para-hydroxylation sites is 1. The minimum atomic E-state index is -0.191. The van der Waals surface area contributed by atoms with E-state index in [1.807, 2.05) is 54.6 Å². The van der Waals surface area contributed by atoms with Gasteiger partial charge in [-0.1, -0.05) is 24.3 Å². The Balaban J connectivity index is 1.66. The van der Waals surface area contributed by atoms with E-state index >= 15 is 0 Å². The number of methoxy groups -OCH3 is 2. The van der Waals surface area contributed by atoms with E-state index in [4.69, 9.17) is 9.47 Å². The highest BCUT2D eigenvalue weighted by molar-refractivity contribution is 6.07. The molecule has 0 radical (unpaired) electrons. The molecule has 0 bridgehead atoms. The van der Waals surface area contributed by atoms with Gasteiger partial charge in [0.15, 0.2) is 0 Å². The fraction of sp³-hybridized carbons (Fsp3) is 0.125. The van der Waals surface area contributed by atoms with Gasteiger partial charge in [0.2, 0.25) is 0 Å². The third-order valence-electron chi connectivity index (χ3n) is 4.82. The molecule has 0 aliphatic carbocycles. The molecule has 0 saturated heterocycles. The van der Waals surface area contributed by atoms with Crippen LogP contribution in [0.2, 0.25) is 0 Å². The molecule has 0 atom stereocenters. The highest BCUT2D eigenvalue weighted by Gasteiger charge is 2.15. The molecule has 2 aromatic heterocycles. The molecule has 0 aliphatic heterocycles. The van der Waals surface area contributed by atoms with Crippen LogP contribution < -0.4 is 14.8 Å². The first-order chi connectivity index (χ1) is 14.7. The van der Waals surface area contributed by atoms with Crippen molar-refractivity contribution >= 4 is 16.8 Å². The Morgan fingerprint density at radius 3 is 2.53 bits per heavy atom. The van der Waals surface area contributed by atoms with E-state index in [2.05, 4.69) is 15.3 Å². The Labute approximate surface area is 174 Å². The van der Waals surface area contributed by atoms with E-state index in [0.29, 0.717) is 35.0 Å². The Morgan fingerprint density at radius 2 is 1.77 bits per heavy atom. The van der Waals surface area contributed by atoms with Crippen molar-refractivity contribution in [3.05, 3.63) is 84.1 Å². The predicted octanol–water partition coefficient (Wildman–Crippen LogP) is 4.24. The monoisotopic (exact) mass is 399 g/mol. The number of carbonyl (C=O) groups excluding carboxylic acids is 1. The largest absolute Gasteiger partial charge is 0.497 e. The molecule has 0 unspecified atom stereocenters. The number of hydrogen-bond donors (Lipinski definition) is 1. The molecule has 30 heavy (non-hydrogen) atoms. The van der Waals surface area contributed by atoms with Crippen molar-refractivity contribution in [1.82, 2.24) is 15.3 Å². The molecule has 0 fully saturated rings. The summed E-state index contributed by atoms with van der Waals surface area (Å²) >= 11 is 0. The molecule has 4 aromatic rings. The van der Waals surface area contributed by atoms with Crippen LogP contribution in [0.4, 0.5) is 0 Å². The molecule has 0 spiro atoms. The van der Waals surface area contributed by atoms with Gasteiger partial charge in [0.25, 0.3) is 5.91 Å². The quantitative estimate of drug-likeness (QED) is 0.525. The maximum atomic E-state index is 13.1. The first kappa shape index (κ1) is 19.4. The normalized spacial score (nSPS) is 10.6. The highest BCUT2D eigenvalue weighted by Crippen LogP contribution is 2.26. The lowest BCUT2D eigenvalue weighted by atomic mass is 10.1. The maximum absolute atomic E-state index is 13.1. The molecule has 1 amide bonds. The standard InChI is InChI=1S/C24H21N3O3/c1-29-17-11-10-16(23(13-17)30-2)15-26-24(28)19-14-22(21-9-5-6-12-25-21)27-20-8-4-3-7-18(19)20/h3-14H,15H2,1-2H3,(H,26,28). The van der Waals surface area contributed by atoms with Crippen molar-refractivity contribution in [2.24, 2.45) is 0 Å². The van der Waals surface area contributed by atoms with E-state index in [9.17, 15) is 4.79 Å². The number of rotatable bonds is 6. The summed E-state index contributed by atoms with van der Waals surface area (Å²) in [5, 5.41) is 3.78. The summed E-state index contributed by atoms with van der Waals surface area (Å²) in [6.07, 6.45) is 1.71. The van der Waals surface area contributed by atoms with Gasteiger partial charge in [0, 0.05) is 29.8 Å². The van der Waals surface area contributed by atoms with Crippen molar-refractivity contribution < 1.29 is 14.3 Å². The average Bonchev–Trinajstić information content (AvgIpc) is 2.82. The number of hydrogen-bond acceptors (Lipinski definition) is 5. The van der Waals surface area contributed by atoms with Gasteiger partial charge >= 0.3 is 0 Å². The fourth-order valence-electron chi connectivity index (χ4n) is 3.28. The second-order valence-electron chi connectivity index (χ2n) is 6.65. The van der Waals surface area contributed by atoms with Crippen molar-refractivity contribution in [2.75, 3.05) is 14.2 Å². The van der Waals surface area contributed by atoms with E-state index in [1.54, 1.807) is 32.5 Å². The summed E-state index contributed by atoms with van der Waals surface area (Å²) in [5.41, 5.74) is 3.52. The predicted molar refractivity (Wildman–Crippen MR) is 116 cm³/mol. The second-order valence-corrected chi connectivity index (χ2v) is 6.65. The topological polar surface area (TPSA) is 73.3 Å². The average molecular weight is 399 g/mol. The van der Waals surface area contributed by atoms with E-state index in [1.165, 1.54) is 0 Å². The van der Waals surface area contributed by atoms with Gasteiger partial charge in [-0.2, -0.15) is 0 Å². The second kappa shape index (κ2) is 8.61. The van der Waals surface area contributed by atoms with Crippen LogP contribution in [0, 0.1) is 0 Å². The number of fused-ring (bicyclic) bond motifs is 1. The Morgan fingerprint density at radius 1 is 0.933 bits per heavy atom. The molecule has 150 valence electrons. The molecule has 1 N–H and O–H groups in total. The minimum Gasteiger partial charge on any atom is -0.497 e. The van der Waals surface area contributed by atoms with Gasteiger partial charge in [-0.05, 0) is 36.4 Å². The molecule has 2 heterocycles. The van der Waals surface area contributed by atoms with Gasteiger partial charge < -0.3 is 14.8 Å². The van der Waals surface area contributed by atoms with Crippen LogP contribution in [0.5, 0.6) is 11.5 Å². The molecule has 0 aliphatic rings. The number of ether oxygens (including phenoxy) is 2. The van der Waals surface area contributed by atoms with Gasteiger partial charge in [-0.15, -0.1) is 0 Å². The molecule has 6 heteroatoms. The number of benzene rings is 2. The number of carbonyl (C=O) groups is 1. The SMILES string of the molecule is COc1ccc(CNC(=O)c2cc(-c3ccccn3)nc3ccccc23)c(OC)c1. The fourth-order valence-corrected chi connectivity index (χ4v) is 3.28. The van der Waals surface area contributed by atoms with Crippen LogP contribution >= 0.6 is 0 Å². The minimum absolute atomic E-state index is 0.191. The molecule has 0 saturated carbocycles. The van der Waals surface area contributed by atoms with E-state index in [0.717, 1.165) is 16.5 Å². The van der Waals surface area contributed by atoms with Crippen molar-refractivity contribution in [3.63, 3.8) is 0 Å². The Hall–Kier alpha value is -3.93. The molecule has 2 aromatic carbocycles. The Kier molecular flexibility index (Phi) is 5.57. The lowest BCUT2D eigenvalue weighted by molar-refractivity contribution is 0.0952. The van der Waals surface area contributed by atoms with Gasteiger partial charge in [0.05, 0.1) is 36.7 Å². The van der Waals surface area contributed by atoms with Crippen molar-refractivity contribution in [1.29, 1.82) is 0 Å². The smallest absolute Gasteiger partial charge is 0.252 e. The zero-order valence-electron chi connectivity index (χ0n) is 16.8. The van der Waals surface area contributed by atoms with Crippen LogP contribution in [0.3, 0.4) is 0 Å². The summed E-state index contributed by atoms with van der Waals surface area (Å²) in [6, 6.07) is 20.5. The molecule has 6 nitrogen and oxygen atoms in total. The lowest BCUT2D eigenvalue weighted by Gasteiger charge is -2.13. The number of nitrogens with one attached hydrogen (secondary N) is 1. The van der Waals surface area contributed by atoms with Crippen LogP contribution in [0.15, 0.2) is 72.9 Å². The first-order valence-corrected chi connectivity index (χ1v) is 9.50. The third kappa shape index (κ3) is 3.93. The van der Waals surface area contributed by atoms with Crippen molar-refractivity contribution in [2.45, 2.75) is 6.54 Å². The zero-order valence-corrected chi connectivity index (χ0v) is 16.8. The molecule has 4 rings (SSSR count). The van der Waals surface area contributed by atoms with Gasteiger partial charge in [0.1, 0.15) is 11.5 Å². The lowest BCUT2D eigenvalue weighted by Crippen LogP contribution is -2.23. The number of aromatic nitrogens is 2.